The van der Waals surface area contributed by atoms with Crippen LogP contribution in [-0.2, 0) is 26.4 Å². The van der Waals surface area contributed by atoms with Gasteiger partial charge in [0.25, 0.3) is 0 Å². The van der Waals surface area contributed by atoms with Crippen LogP contribution >= 0.6 is 27.6 Å². The number of carbonyl (C=O) groups excluding carboxylic acids is 1. The van der Waals surface area contributed by atoms with E-state index in [0.717, 1.165) is 36.8 Å². The molecule has 3 nitrogen and oxygen atoms in total. The number of hydrogen-bond acceptors (Lipinski definition) is 3. The van der Waals surface area contributed by atoms with E-state index in [0.29, 0.717) is 12.0 Å². The summed E-state index contributed by atoms with van der Waals surface area (Å²) in [6.45, 7) is 2.19. The molecule has 0 amide bonds. The third-order valence-electron chi connectivity index (χ3n) is 4.86. The summed E-state index contributed by atoms with van der Waals surface area (Å²) in [5.74, 6) is -0.349. The van der Waals surface area contributed by atoms with Crippen LogP contribution in [0, 0.1) is 6.08 Å². The molecule has 0 saturated carbocycles. The molecule has 1 atom stereocenters. The molecule has 176 valence electrons. The summed E-state index contributed by atoms with van der Waals surface area (Å²) in [5.41, 5.74) is 3.56. The Morgan fingerprint density at radius 1 is 1.03 bits per heavy atom. The number of carbonyl (C=O) groups is 1. The van der Waals surface area contributed by atoms with Gasteiger partial charge in [0.1, 0.15) is 0 Å². The Bertz CT molecular complexity index is 793. The number of ether oxygens (including phenoxy) is 1. The van der Waals surface area contributed by atoms with Crippen molar-refractivity contribution in [3.63, 3.8) is 0 Å². The Morgan fingerprint density at radius 2 is 1.66 bits per heavy atom. The molecule has 32 heavy (non-hydrogen) atoms. The molecule has 0 heterocycles. The van der Waals surface area contributed by atoms with Crippen LogP contribution in [0.4, 0.5) is 0 Å². The van der Waals surface area contributed by atoms with Crippen molar-refractivity contribution < 1.29 is 29.8 Å². The predicted molar refractivity (Wildman–Crippen MR) is 131 cm³/mol. The minimum atomic E-state index is -2.18. The summed E-state index contributed by atoms with van der Waals surface area (Å²) in [7, 11) is 16.4. The van der Waals surface area contributed by atoms with E-state index >= 15 is 0 Å². The molecule has 0 saturated heterocycles. The molecule has 0 bridgehead atoms. The molecule has 0 aromatic heterocycles. The van der Waals surface area contributed by atoms with Gasteiger partial charge in [0, 0.05) is 5.56 Å². The summed E-state index contributed by atoms with van der Waals surface area (Å²) in [4.78, 5) is 11.6. The molecule has 0 aliphatic rings. The van der Waals surface area contributed by atoms with E-state index in [1.807, 2.05) is 30.3 Å². The third kappa shape index (κ3) is 13.1. The fourth-order valence-electron chi connectivity index (χ4n) is 3.17. The number of halogens is 3. The van der Waals surface area contributed by atoms with Crippen LogP contribution in [0.3, 0.4) is 0 Å². The monoisotopic (exact) mass is 665 g/mol. The normalized spacial score (nSPS) is 12.2. The Kier molecular flexibility index (Phi) is 16.1. The number of aryl methyl sites for hydroxylation is 1. The van der Waals surface area contributed by atoms with Gasteiger partial charge >= 0.3 is 48.7 Å². The van der Waals surface area contributed by atoms with Gasteiger partial charge < -0.3 is 9.84 Å². The molecule has 1 unspecified atom stereocenters. The number of hydrogen-bond donors (Lipinski definition) is 1. The molecule has 2 aromatic rings. The van der Waals surface area contributed by atoms with Crippen LogP contribution in [0.25, 0.3) is 0 Å². The fourth-order valence-corrected chi connectivity index (χ4v) is 3.17. The molecule has 0 fully saturated rings. The van der Waals surface area contributed by atoms with E-state index < -0.39 is 21.3 Å². The van der Waals surface area contributed by atoms with Crippen LogP contribution in [0.5, 0.6) is 0 Å². The van der Waals surface area contributed by atoms with Gasteiger partial charge in [0.05, 0.1) is 13.2 Å². The average molecular weight is 667 g/mol. The number of aliphatic hydroxyl groups excluding tert-OH is 1. The third-order valence-corrected chi connectivity index (χ3v) is 4.86. The van der Waals surface area contributed by atoms with Crippen molar-refractivity contribution in [1.82, 2.24) is 0 Å². The molecular weight excluding hydrogens is 636 g/mol. The summed E-state index contributed by atoms with van der Waals surface area (Å²) in [6, 6.07) is 17.4. The zero-order valence-corrected chi connectivity index (χ0v) is 24.0. The van der Waals surface area contributed by atoms with E-state index in [4.69, 9.17) is 32.3 Å². The SMILES string of the molecule is CCCCCCC(=[C-]c1ccc(C(=O)OC)cc1)C(O)CCc1ccccc1.[Cl][Ta]([Cl])[Cl]. The Balaban J connectivity index is 0.00000118. The Hall–Kier alpha value is -0.780. The zero-order valence-electron chi connectivity index (χ0n) is 18.6. The van der Waals surface area contributed by atoms with Crippen LogP contribution < -0.4 is 0 Å². The molecule has 0 spiro atoms. The van der Waals surface area contributed by atoms with Crippen molar-refractivity contribution in [2.75, 3.05) is 7.11 Å². The Labute approximate surface area is 210 Å². The van der Waals surface area contributed by atoms with Crippen LogP contribution in [-0.4, -0.2) is 24.3 Å². The van der Waals surface area contributed by atoms with E-state index in [1.54, 1.807) is 12.1 Å². The molecule has 0 aliphatic heterocycles. The first kappa shape index (κ1) is 29.3. The van der Waals surface area contributed by atoms with Crippen molar-refractivity contribution in [3.8, 4) is 0 Å². The maximum atomic E-state index is 11.6. The molecule has 1 N–H and O–H groups in total. The van der Waals surface area contributed by atoms with E-state index in [1.165, 1.54) is 25.5 Å². The fraction of sp³-hybridized carbons (Fsp3) is 0.400. The van der Waals surface area contributed by atoms with E-state index in [2.05, 4.69) is 25.1 Å². The molecular formula is C25H31Cl3O3Ta-. The quantitative estimate of drug-likeness (QED) is 0.153. The first-order valence-electron chi connectivity index (χ1n) is 10.7. The average Bonchev–Trinajstić information content (AvgIpc) is 2.79. The first-order chi connectivity index (χ1) is 15.4. The molecule has 0 radical (unpaired) electrons. The van der Waals surface area contributed by atoms with Crippen molar-refractivity contribution in [2.24, 2.45) is 0 Å². The van der Waals surface area contributed by atoms with Gasteiger partial charge in [-0.2, -0.15) is 23.8 Å². The predicted octanol–water partition coefficient (Wildman–Crippen LogP) is 7.58. The number of methoxy groups -OCH3 is 1. The number of esters is 1. The van der Waals surface area contributed by atoms with Gasteiger partial charge in [-0.05, 0) is 24.8 Å². The van der Waals surface area contributed by atoms with Gasteiger partial charge in [-0.25, -0.2) is 4.79 Å². The minimum absolute atomic E-state index is 0.349. The summed E-state index contributed by atoms with van der Waals surface area (Å²) >= 11 is -2.18. The van der Waals surface area contributed by atoms with Gasteiger partial charge in [0.2, 0.25) is 0 Å². The van der Waals surface area contributed by atoms with Gasteiger partial charge in [0.15, 0.2) is 0 Å². The number of unbranched alkanes of at least 4 members (excludes halogenated alkanes) is 3. The van der Waals surface area contributed by atoms with Crippen LogP contribution in [0.2, 0.25) is 0 Å². The van der Waals surface area contributed by atoms with Crippen molar-refractivity contribution >= 4 is 33.5 Å². The maximum absolute atomic E-state index is 11.6. The first-order valence-corrected chi connectivity index (χ1v) is 22.6. The van der Waals surface area contributed by atoms with Gasteiger partial charge in [-0.1, -0.05) is 62.9 Å². The standard InChI is InChI=1S/C25H31O3.3ClH.Ta/c1-3-4-5-9-12-23(24(26)18-15-20-10-7-6-8-11-20)19-21-13-16-22(17-14-21)25(27)28-2;;;;/h6-8,10-11,13-14,16-17,24,26H,3-5,9,12,15,18H2,1-2H3;3*1H;/q-1;;;;+3/p-3. The summed E-state index contributed by atoms with van der Waals surface area (Å²) in [5, 5.41) is 10.8. The number of rotatable bonds is 11. The number of aliphatic hydroxyl groups is 1. The second-order valence-electron chi connectivity index (χ2n) is 7.26. The Morgan fingerprint density at radius 3 is 2.22 bits per heavy atom. The second kappa shape index (κ2) is 17.7. The van der Waals surface area contributed by atoms with Crippen molar-refractivity contribution in [3.05, 3.63) is 82.9 Å². The van der Waals surface area contributed by atoms with Crippen molar-refractivity contribution in [2.45, 2.75) is 58.0 Å². The van der Waals surface area contributed by atoms with Gasteiger partial charge in [-0.15, -0.1) is 17.7 Å². The van der Waals surface area contributed by atoms with E-state index in [-0.39, 0.29) is 5.97 Å². The second-order valence-corrected chi connectivity index (χ2v) is 21.2. The zero-order chi connectivity index (χ0) is 23.8. The molecule has 7 heteroatoms. The molecule has 0 aliphatic carbocycles. The van der Waals surface area contributed by atoms with E-state index in [9.17, 15) is 9.90 Å². The number of benzene rings is 2. The van der Waals surface area contributed by atoms with Gasteiger partial charge in [-0.3, -0.25) is 0 Å². The molecule has 2 rings (SSSR count). The van der Waals surface area contributed by atoms with Crippen LogP contribution in [0.1, 0.15) is 66.9 Å². The van der Waals surface area contributed by atoms with Crippen LogP contribution in [0.15, 0.2) is 60.2 Å². The van der Waals surface area contributed by atoms with Crippen molar-refractivity contribution in [1.29, 1.82) is 0 Å². The molecule has 2 aromatic carbocycles. The topological polar surface area (TPSA) is 46.5 Å². The summed E-state index contributed by atoms with van der Waals surface area (Å²) < 4.78 is 4.74. The summed E-state index contributed by atoms with van der Waals surface area (Å²) in [6.07, 6.45) is 9.85.